The van der Waals surface area contributed by atoms with Crippen LogP contribution in [0.5, 0.6) is 0 Å². The normalized spacial score (nSPS) is 12.9. The third kappa shape index (κ3) is 2.20. The molecule has 0 saturated carbocycles. The molecule has 0 saturated heterocycles. The number of nitrogens with zero attached hydrogens (tertiary/aromatic N) is 3. The highest BCUT2D eigenvalue weighted by atomic mass is 32.1. The minimum absolute atomic E-state index is 0.192. The Labute approximate surface area is 90.5 Å². The molecule has 1 unspecified atom stereocenters. The number of hydrogen-bond acceptors (Lipinski definition) is 6. The van der Waals surface area contributed by atoms with Gasteiger partial charge in [-0.2, -0.15) is 5.10 Å². The summed E-state index contributed by atoms with van der Waals surface area (Å²) in [5.74, 6) is 0.663. The molecule has 0 aliphatic heterocycles. The number of ether oxygens (including phenoxy) is 1. The van der Waals surface area contributed by atoms with Crippen LogP contribution in [0.2, 0.25) is 0 Å². The number of aromatic nitrogens is 4. The number of nitrogens with two attached hydrogens (primary N) is 1. The summed E-state index contributed by atoms with van der Waals surface area (Å²) in [6, 6.07) is -0.192. The van der Waals surface area contributed by atoms with E-state index in [0.717, 1.165) is 10.7 Å². The van der Waals surface area contributed by atoms with E-state index in [9.17, 15) is 0 Å². The largest absolute Gasteiger partial charge is 0.383 e. The molecule has 0 aliphatic rings. The monoisotopic (exact) mass is 225 g/mol. The van der Waals surface area contributed by atoms with Crippen LogP contribution in [0.4, 0.5) is 0 Å². The van der Waals surface area contributed by atoms with Gasteiger partial charge in [0.15, 0.2) is 10.8 Å². The fourth-order valence-corrected chi connectivity index (χ4v) is 1.97. The number of H-pyrrole nitrogens is 1. The summed E-state index contributed by atoms with van der Waals surface area (Å²) >= 11 is 1.48. The van der Waals surface area contributed by atoms with Gasteiger partial charge in [-0.3, -0.25) is 5.10 Å². The molecule has 0 aromatic carbocycles. The first-order chi connectivity index (χ1) is 7.31. The molecule has 2 rings (SSSR count). The second-order valence-electron chi connectivity index (χ2n) is 2.97. The van der Waals surface area contributed by atoms with Gasteiger partial charge in [0, 0.05) is 12.5 Å². The zero-order valence-electron chi connectivity index (χ0n) is 8.17. The second kappa shape index (κ2) is 4.47. The predicted octanol–water partition coefficient (Wildman–Crippen LogP) is 0.574. The molecule has 6 nitrogen and oxygen atoms in total. The summed E-state index contributed by atoms with van der Waals surface area (Å²) < 4.78 is 4.96. The molecule has 15 heavy (non-hydrogen) atoms. The maximum atomic E-state index is 5.85. The summed E-state index contributed by atoms with van der Waals surface area (Å²) in [6.07, 6.45) is 1.45. The fourth-order valence-electron chi connectivity index (χ4n) is 1.14. The Morgan fingerprint density at radius 2 is 2.53 bits per heavy atom. The predicted molar refractivity (Wildman–Crippen MR) is 56.3 cm³/mol. The second-order valence-corrected chi connectivity index (χ2v) is 3.83. The number of hydrogen-bond donors (Lipinski definition) is 2. The average molecular weight is 225 g/mol. The van der Waals surface area contributed by atoms with Gasteiger partial charge in [-0.25, -0.2) is 9.97 Å². The quantitative estimate of drug-likeness (QED) is 0.794. The van der Waals surface area contributed by atoms with Gasteiger partial charge in [-0.15, -0.1) is 11.3 Å². The molecule has 80 valence electrons. The lowest BCUT2D eigenvalue weighted by Gasteiger charge is -2.05. The lowest BCUT2D eigenvalue weighted by atomic mass is 10.3. The number of nitrogens with one attached hydrogen (secondary N) is 1. The summed E-state index contributed by atoms with van der Waals surface area (Å²) in [4.78, 5) is 8.37. The number of methoxy groups -OCH3 is 1. The Kier molecular flexibility index (Phi) is 3.05. The van der Waals surface area contributed by atoms with E-state index in [4.69, 9.17) is 10.5 Å². The van der Waals surface area contributed by atoms with Crippen LogP contribution in [0.3, 0.4) is 0 Å². The van der Waals surface area contributed by atoms with Crippen molar-refractivity contribution in [3.05, 3.63) is 17.4 Å². The molecular weight excluding hydrogens is 214 g/mol. The summed E-state index contributed by atoms with van der Waals surface area (Å²) in [6.45, 7) is 0.458. The lowest BCUT2D eigenvalue weighted by Crippen LogP contribution is -2.16. The van der Waals surface area contributed by atoms with Gasteiger partial charge in [0.05, 0.1) is 18.3 Å². The molecule has 0 fully saturated rings. The van der Waals surface area contributed by atoms with Crippen molar-refractivity contribution >= 4 is 11.3 Å². The van der Waals surface area contributed by atoms with E-state index in [0.29, 0.717) is 12.4 Å². The van der Waals surface area contributed by atoms with Gasteiger partial charge in [-0.1, -0.05) is 0 Å². The van der Waals surface area contributed by atoms with Crippen LogP contribution in [0.1, 0.15) is 11.7 Å². The van der Waals surface area contributed by atoms with Crippen molar-refractivity contribution in [2.75, 3.05) is 13.7 Å². The maximum absolute atomic E-state index is 5.85. The van der Waals surface area contributed by atoms with Crippen LogP contribution in [-0.2, 0) is 4.74 Å². The van der Waals surface area contributed by atoms with Crippen molar-refractivity contribution in [2.45, 2.75) is 6.04 Å². The third-order valence-electron chi connectivity index (χ3n) is 1.87. The van der Waals surface area contributed by atoms with Crippen molar-refractivity contribution in [2.24, 2.45) is 5.73 Å². The Morgan fingerprint density at radius 3 is 3.20 bits per heavy atom. The van der Waals surface area contributed by atoms with Crippen LogP contribution >= 0.6 is 11.3 Å². The molecule has 0 spiro atoms. The fraction of sp³-hybridized carbons (Fsp3) is 0.375. The first-order valence-corrected chi connectivity index (χ1v) is 5.25. The van der Waals surface area contributed by atoms with Crippen LogP contribution < -0.4 is 5.73 Å². The summed E-state index contributed by atoms with van der Waals surface area (Å²) in [5, 5.41) is 9.21. The molecule has 7 heteroatoms. The van der Waals surface area contributed by atoms with Crippen molar-refractivity contribution < 1.29 is 4.74 Å². The Balaban J connectivity index is 2.17. The van der Waals surface area contributed by atoms with Crippen molar-refractivity contribution in [3.63, 3.8) is 0 Å². The van der Waals surface area contributed by atoms with Crippen LogP contribution in [-0.4, -0.2) is 33.9 Å². The molecule has 3 N–H and O–H groups in total. The van der Waals surface area contributed by atoms with Crippen molar-refractivity contribution in [1.29, 1.82) is 0 Å². The third-order valence-corrected chi connectivity index (χ3v) is 2.73. The van der Waals surface area contributed by atoms with Gasteiger partial charge < -0.3 is 10.5 Å². The van der Waals surface area contributed by atoms with E-state index in [1.165, 1.54) is 17.7 Å². The molecule has 1 atom stereocenters. The minimum atomic E-state index is -0.192. The SMILES string of the molecule is COCC(N)c1csc(-c2ncn[nH]2)n1. The lowest BCUT2D eigenvalue weighted by molar-refractivity contribution is 0.180. The maximum Gasteiger partial charge on any atom is 0.184 e. The molecule has 0 amide bonds. The van der Waals surface area contributed by atoms with Crippen molar-refractivity contribution in [1.82, 2.24) is 20.2 Å². The molecule has 0 aliphatic carbocycles. The van der Waals surface area contributed by atoms with E-state index in [2.05, 4.69) is 20.2 Å². The number of aromatic amines is 1. The number of thiazole rings is 1. The smallest absolute Gasteiger partial charge is 0.184 e. The Bertz CT molecular complexity index is 412. The van der Waals surface area contributed by atoms with E-state index in [-0.39, 0.29) is 6.04 Å². The van der Waals surface area contributed by atoms with Gasteiger partial charge in [0.1, 0.15) is 6.33 Å². The minimum Gasteiger partial charge on any atom is -0.383 e. The highest BCUT2D eigenvalue weighted by molar-refractivity contribution is 7.13. The molecule has 2 aromatic heterocycles. The number of rotatable bonds is 4. The molecule has 2 heterocycles. The molecule has 0 radical (unpaired) electrons. The summed E-state index contributed by atoms with van der Waals surface area (Å²) in [7, 11) is 1.61. The van der Waals surface area contributed by atoms with E-state index in [1.54, 1.807) is 7.11 Å². The standard InChI is InChI=1S/C8H11N5OS/c1-14-2-5(9)6-3-15-8(12-6)7-10-4-11-13-7/h3-5H,2,9H2,1H3,(H,10,11,13). The molecular formula is C8H11N5OS. The van der Waals surface area contributed by atoms with Gasteiger partial charge in [0.2, 0.25) is 0 Å². The highest BCUT2D eigenvalue weighted by Crippen LogP contribution is 2.22. The highest BCUT2D eigenvalue weighted by Gasteiger charge is 2.12. The first-order valence-electron chi connectivity index (χ1n) is 4.37. The van der Waals surface area contributed by atoms with E-state index in [1.807, 2.05) is 5.38 Å². The van der Waals surface area contributed by atoms with Crippen LogP contribution in [0.25, 0.3) is 10.8 Å². The zero-order chi connectivity index (χ0) is 10.7. The van der Waals surface area contributed by atoms with Gasteiger partial charge in [0.25, 0.3) is 0 Å². The van der Waals surface area contributed by atoms with Gasteiger partial charge in [-0.05, 0) is 0 Å². The Morgan fingerprint density at radius 1 is 1.67 bits per heavy atom. The van der Waals surface area contributed by atoms with Crippen LogP contribution in [0.15, 0.2) is 11.7 Å². The van der Waals surface area contributed by atoms with Crippen molar-refractivity contribution in [3.8, 4) is 10.8 Å². The summed E-state index contributed by atoms with van der Waals surface area (Å²) in [5.41, 5.74) is 6.66. The van der Waals surface area contributed by atoms with Crippen LogP contribution in [0, 0.1) is 0 Å². The molecule has 2 aromatic rings. The van der Waals surface area contributed by atoms with E-state index >= 15 is 0 Å². The average Bonchev–Trinajstić information content (AvgIpc) is 2.89. The van der Waals surface area contributed by atoms with E-state index < -0.39 is 0 Å². The first kappa shape index (κ1) is 10.2. The Hall–Kier alpha value is -1.31. The van der Waals surface area contributed by atoms with Gasteiger partial charge >= 0.3 is 0 Å². The topological polar surface area (TPSA) is 89.7 Å². The zero-order valence-corrected chi connectivity index (χ0v) is 8.99. The molecule has 0 bridgehead atoms.